The highest BCUT2D eigenvalue weighted by Crippen LogP contribution is 2.36. The van der Waals surface area contributed by atoms with Crippen LogP contribution in [0.15, 0.2) is 17.3 Å². The van der Waals surface area contributed by atoms with Crippen molar-refractivity contribution in [2.45, 2.75) is 24.5 Å². The van der Waals surface area contributed by atoms with Gasteiger partial charge in [0.25, 0.3) is 0 Å². The molecule has 1 amide bonds. The fraction of sp³-hybridized carbons (Fsp3) is 0.533. The number of carbonyl (C=O) groups is 1. The molecule has 2 aromatic heterocycles. The molecule has 0 saturated carbocycles. The van der Waals surface area contributed by atoms with E-state index >= 15 is 0 Å². The number of nitro groups is 1. The number of aryl methyl sites for hydroxylation is 1. The van der Waals surface area contributed by atoms with Crippen LogP contribution in [0.2, 0.25) is 0 Å². The molecular formula is C15H18F3N7O5S. The van der Waals surface area contributed by atoms with Gasteiger partial charge in [-0.05, 0) is 6.92 Å². The fourth-order valence-electron chi connectivity index (χ4n) is 3.19. The summed E-state index contributed by atoms with van der Waals surface area (Å²) < 4.78 is 67.5. The number of nitrogens with zero attached hydrogens (tertiary/aromatic N) is 7. The second-order valence-electron chi connectivity index (χ2n) is 6.83. The number of hydrogen-bond donors (Lipinski definition) is 0. The van der Waals surface area contributed by atoms with Crippen molar-refractivity contribution >= 4 is 21.6 Å². The molecule has 3 rings (SSSR count). The molecular weight excluding hydrogens is 447 g/mol. The number of rotatable bonds is 5. The van der Waals surface area contributed by atoms with E-state index in [9.17, 15) is 36.5 Å². The molecule has 0 atom stereocenters. The number of carbonyl (C=O) groups excluding carboxylic acids is 1. The Morgan fingerprint density at radius 3 is 2.32 bits per heavy atom. The Kier molecular flexibility index (Phi) is 5.79. The number of amides is 1. The first kappa shape index (κ1) is 22.7. The Morgan fingerprint density at radius 1 is 1.26 bits per heavy atom. The summed E-state index contributed by atoms with van der Waals surface area (Å²) in [5.41, 5.74) is -3.27. The van der Waals surface area contributed by atoms with Gasteiger partial charge in [-0.3, -0.25) is 24.3 Å². The van der Waals surface area contributed by atoms with Crippen molar-refractivity contribution in [3.05, 3.63) is 33.9 Å². The topological polar surface area (TPSA) is 136 Å². The minimum atomic E-state index is -5.05. The molecule has 31 heavy (non-hydrogen) atoms. The minimum absolute atomic E-state index is 0.00681. The smallest absolute Gasteiger partial charge is 0.338 e. The highest BCUT2D eigenvalue weighted by atomic mass is 32.2. The van der Waals surface area contributed by atoms with E-state index in [1.54, 1.807) is 7.05 Å². The maximum absolute atomic E-state index is 13.0. The van der Waals surface area contributed by atoms with E-state index in [0.717, 1.165) is 6.92 Å². The zero-order chi connectivity index (χ0) is 23.1. The number of hydrogen-bond acceptors (Lipinski definition) is 7. The number of halogens is 3. The maximum Gasteiger partial charge on any atom is 0.442 e. The second kappa shape index (κ2) is 7.92. The van der Waals surface area contributed by atoms with Crippen LogP contribution in [-0.2, 0) is 34.6 Å². The Hall–Kier alpha value is -3.01. The van der Waals surface area contributed by atoms with Gasteiger partial charge < -0.3 is 4.90 Å². The van der Waals surface area contributed by atoms with Crippen molar-refractivity contribution in [1.82, 2.24) is 28.8 Å². The SMILES string of the molecule is Cc1c([N+](=O)[O-])c(C(F)(F)F)nn1CC(=O)N1CCN(S(=O)(=O)c2cnn(C)c2)CC1. The molecule has 0 aliphatic carbocycles. The molecule has 1 aliphatic rings. The van der Waals surface area contributed by atoms with Crippen LogP contribution in [0, 0.1) is 17.0 Å². The molecule has 16 heteroatoms. The third kappa shape index (κ3) is 4.39. The van der Waals surface area contributed by atoms with Crippen LogP contribution in [0.4, 0.5) is 18.9 Å². The van der Waals surface area contributed by atoms with Crippen molar-refractivity contribution in [2.75, 3.05) is 26.2 Å². The predicted molar refractivity (Wildman–Crippen MR) is 97.2 cm³/mol. The summed E-state index contributed by atoms with van der Waals surface area (Å²) in [6.45, 7) is 0.411. The highest BCUT2D eigenvalue weighted by Gasteiger charge is 2.44. The molecule has 1 fully saturated rings. The summed E-state index contributed by atoms with van der Waals surface area (Å²) >= 11 is 0. The average molecular weight is 465 g/mol. The van der Waals surface area contributed by atoms with Crippen LogP contribution in [-0.4, -0.2) is 74.2 Å². The van der Waals surface area contributed by atoms with Gasteiger partial charge in [-0.25, -0.2) is 8.42 Å². The monoisotopic (exact) mass is 465 g/mol. The summed E-state index contributed by atoms with van der Waals surface area (Å²) in [7, 11) is -2.22. The summed E-state index contributed by atoms with van der Waals surface area (Å²) in [4.78, 5) is 23.6. The number of alkyl halides is 3. The molecule has 1 aliphatic heterocycles. The van der Waals surface area contributed by atoms with Gasteiger partial charge >= 0.3 is 11.9 Å². The van der Waals surface area contributed by atoms with Crippen LogP contribution in [0.5, 0.6) is 0 Å². The highest BCUT2D eigenvalue weighted by molar-refractivity contribution is 7.89. The minimum Gasteiger partial charge on any atom is -0.338 e. The zero-order valence-corrected chi connectivity index (χ0v) is 17.2. The lowest BCUT2D eigenvalue weighted by Gasteiger charge is -2.33. The summed E-state index contributed by atoms with van der Waals surface area (Å²) in [6.07, 6.45) is -2.50. The average Bonchev–Trinajstić information content (AvgIpc) is 3.26. The van der Waals surface area contributed by atoms with Crippen LogP contribution in [0.1, 0.15) is 11.4 Å². The van der Waals surface area contributed by atoms with Crippen molar-refractivity contribution < 1.29 is 31.3 Å². The first-order valence-electron chi connectivity index (χ1n) is 8.88. The van der Waals surface area contributed by atoms with Crippen molar-refractivity contribution in [2.24, 2.45) is 7.05 Å². The van der Waals surface area contributed by atoms with Gasteiger partial charge in [-0.15, -0.1) is 0 Å². The molecule has 170 valence electrons. The van der Waals surface area contributed by atoms with E-state index in [0.29, 0.717) is 4.68 Å². The Morgan fingerprint density at radius 2 is 1.87 bits per heavy atom. The Balaban J connectivity index is 1.70. The quantitative estimate of drug-likeness (QED) is 0.460. The predicted octanol–water partition coefficient (Wildman–Crippen LogP) is 0.385. The van der Waals surface area contributed by atoms with Gasteiger partial charge in [0, 0.05) is 39.4 Å². The van der Waals surface area contributed by atoms with Crippen LogP contribution in [0.3, 0.4) is 0 Å². The normalized spacial score (nSPS) is 16.0. The molecule has 1 saturated heterocycles. The van der Waals surface area contributed by atoms with Crippen LogP contribution in [0.25, 0.3) is 0 Å². The van der Waals surface area contributed by atoms with E-state index in [-0.39, 0.29) is 31.1 Å². The first-order valence-corrected chi connectivity index (χ1v) is 10.3. The first-order chi connectivity index (χ1) is 14.3. The molecule has 3 heterocycles. The van der Waals surface area contributed by atoms with Gasteiger partial charge in [0.2, 0.25) is 21.6 Å². The molecule has 0 radical (unpaired) electrons. The lowest BCUT2D eigenvalue weighted by molar-refractivity contribution is -0.388. The van der Waals surface area contributed by atoms with Gasteiger partial charge in [-0.2, -0.15) is 27.7 Å². The van der Waals surface area contributed by atoms with Crippen molar-refractivity contribution in [1.29, 1.82) is 0 Å². The molecule has 0 unspecified atom stereocenters. The third-order valence-corrected chi connectivity index (χ3v) is 6.67. The zero-order valence-electron chi connectivity index (χ0n) is 16.4. The van der Waals surface area contributed by atoms with Crippen molar-refractivity contribution in [3.8, 4) is 0 Å². The lowest BCUT2D eigenvalue weighted by atomic mass is 10.3. The van der Waals surface area contributed by atoms with Gasteiger partial charge in [-0.1, -0.05) is 0 Å². The van der Waals surface area contributed by atoms with Gasteiger partial charge in [0.15, 0.2) is 0 Å². The summed E-state index contributed by atoms with van der Waals surface area (Å²) in [6, 6.07) is 0. The molecule has 0 spiro atoms. The Labute approximate surface area is 174 Å². The molecule has 0 bridgehead atoms. The molecule has 0 aromatic carbocycles. The van der Waals surface area contributed by atoms with E-state index in [1.807, 2.05) is 0 Å². The number of piperazine rings is 1. The molecule has 0 N–H and O–H groups in total. The summed E-state index contributed by atoms with van der Waals surface area (Å²) in [5, 5.41) is 18.1. The summed E-state index contributed by atoms with van der Waals surface area (Å²) in [5.74, 6) is -0.632. The number of aromatic nitrogens is 4. The second-order valence-corrected chi connectivity index (χ2v) is 8.77. The third-order valence-electron chi connectivity index (χ3n) is 4.82. The largest absolute Gasteiger partial charge is 0.442 e. The number of sulfonamides is 1. The maximum atomic E-state index is 13.0. The van der Waals surface area contributed by atoms with Crippen LogP contribution >= 0.6 is 0 Å². The van der Waals surface area contributed by atoms with E-state index in [2.05, 4.69) is 10.2 Å². The van der Waals surface area contributed by atoms with Crippen molar-refractivity contribution in [3.63, 3.8) is 0 Å². The lowest BCUT2D eigenvalue weighted by Crippen LogP contribution is -2.51. The van der Waals surface area contributed by atoms with E-state index in [1.165, 1.54) is 26.3 Å². The van der Waals surface area contributed by atoms with Crippen LogP contribution < -0.4 is 0 Å². The molecule has 2 aromatic rings. The standard InChI is InChI=1S/C15H18F3N7O5S/c1-10-13(25(27)28)14(15(16,17)18)20-24(10)9-12(26)22-3-5-23(6-4-22)31(29,30)11-7-19-21(2)8-11/h7-8H,3-6,9H2,1-2H3. The van der Waals surface area contributed by atoms with Gasteiger partial charge in [0.05, 0.1) is 11.1 Å². The van der Waals surface area contributed by atoms with E-state index < -0.39 is 50.7 Å². The molecule has 12 nitrogen and oxygen atoms in total. The van der Waals surface area contributed by atoms with Gasteiger partial charge in [0.1, 0.15) is 17.1 Å². The van der Waals surface area contributed by atoms with E-state index in [4.69, 9.17) is 0 Å². The Bertz CT molecular complexity index is 1120. The fourth-order valence-corrected chi connectivity index (χ4v) is 4.60.